The first kappa shape index (κ1) is 11.6. The van der Waals surface area contributed by atoms with E-state index in [0.29, 0.717) is 0 Å². The molecule has 0 spiro atoms. The van der Waals surface area contributed by atoms with Crippen LogP contribution in [0.3, 0.4) is 0 Å². The molecule has 0 fully saturated rings. The zero-order chi connectivity index (χ0) is 11.5. The van der Waals surface area contributed by atoms with Gasteiger partial charge < -0.3 is 5.32 Å². The number of hydrogen-bond acceptors (Lipinski definition) is 2. The summed E-state index contributed by atoms with van der Waals surface area (Å²) in [7, 11) is 0. The Morgan fingerprint density at radius 2 is 1.75 bits per heavy atom. The van der Waals surface area contributed by atoms with Crippen LogP contribution in [0.5, 0.6) is 0 Å². The van der Waals surface area contributed by atoms with Crippen LogP contribution in [-0.2, 0) is 0 Å². The predicted molar refractivity (Wildman–Crippen MR) is 74.1 cm³/mol. The van der Waals surface area contributed by atoms with Crippen molar-refractivity contribution in [3.8, 4) is 0 Å². The molecule has 0 aliphatic heterocycles. The van der Waals surface area contributed by atoms with Crippen molar-refractivity contribution in [2.24, 2.45) is 0 Å². The highest BCUT2D eigenvalue weighted by atomic mass is 79.9. The molecule has 0 radical (unpaired) electrons. The third-order valence-corrected chi connectivity index (χ3v) is 3.11. The lowest BCUT2D eigenvalue weighted by Gasteiger charge is -2.08. The minimum Gasteiger partial charge on any atom is -0.340 e. The molecule has 1 aromatic heterocycles. The molecule has 1 heterocycles. The number of nitrogens with zero attached hydrogens (tertiary/aromatic N) is 1. The van der Waals surface area contributed by atoms with E-state index >= 15 is 0 Å². The molecule has 0 saturated carbocycles. The highest BCUT2D eigenvalue weighted by Gasteiger charge is 2.01. The molecule has 0 atom stereocenters. The summed E-state index contributed by atoms with van der Waals surface area (Å²) in [5.74, 6) is 0.880. The topological polar surface area (TPSA) is 24.9 Å². The fourth-order valence-electron chi connectivity index (χ4n) is 1.34. The molecule has 82 valence electrons. The van der Waals surface area contributed by atoms with Gasteiger partial charge in [-0.25, -0.2) is 4.98 Å². The van der Waals surface area contributed by atoms with Crippen molar-refractivity contribution in [2.75, 3.05) is 5.32 Å². The van der Waals surface area contributed by atoms with E-state index < -0.39 is 0 Å². The standard InChI is InChI=1S/C12H10Br2N2/c1-8-6-10(14)7-15-12(8)16-11-4-2-9(13)3-5-11/h2-7H,1H3,(H,15,16). The van der Waals surface area contributed by atoms with Crippen LogP contribution in [0.1, 0.15) is 5.56 Å². The van der Waals surface area contributed by atoms with Crippen molar-refractivity contribution >= 4 is 43.4 Å². The molecular weight excluding hydrogens is 332 g/mol. The Labute approximate surface area is 111 Å². The van der Waals surface area contributed by atoms with Crippen molar-refractivity contribution in [1.82, 2.24) is 4.98 Å². The van der Waals surface area contributed by atoms with E-state index in [4.69, 9.17) is 0 Å². The number of hydrogen-bond donors (Lipinski definition) is 1. The quantitative estimate of drug-likeness (QED) is 0.859. The van der Waals surface area contributed by atoms with E-state index in [1.165, 1.54) is 0 Å². The summed E-state index contributed by atoms with van der Waals surface area (Å²) in [4.78, 5) is 4.33. The Morgan fingerprint density at radius 1 is 1.06 bits per heavy atom. The lowest BCUT2D eigenvalue weighted by molar-refractivity contribution is 1.24. The van der Waals surface area contributed by atoms with E-state index in [9.17, 15) is 0 Å². The Morgan fingerprint density at radius 3 is 2.38 bits per heavy atom. The lowest BCUT2D eigenvalue weighted by Crippen LogP contribution is -1.95. The van der Waals surface area contributed by atoms with Gasteiger partial charge in [0.05, 0.1) is 0 Å². The molecule has 1 aromatic carbocycles. The van der Waals surface area contributed by atoms with Gasteiger partial charge in [0.15, 0.2) is 0 Å². The van der Waals surface area contributed by atoms with Gasteiger partial charge in [0, 0.05) is 20.8 Å². The van der Waals surface area contributed by atoms with Crippen molar-refractivity contribution in [1.29, 1.82) is 0 Å². The number of anilines is 2. The largest absolute Gasteiger partial charge is 0.340 e. The van der Waals surface area contributed by atoms with Gasteiger partial charge in [-0.05, 0) is 58.7 Å². The number of rotatable bonds is 2. The first-order valence-electron chi connectivity index (χ1n) is 4.80. The summed E-state index contributed by atoms with van der Waals surface area (Å²) in [6, 6.07) is 10.0. The molecule has 2 nitrogen and oxygen atoms in total. The predicted octanol–water partition coefficient (Wildman–Crippen LogP) is 4.66. The number of aromatic nitrogens is 1. The smallest absolute Gasteiger partial charge is 0.133 e. The molecule has 2 rings (SSSR count). The van der Waals surface area contributed by atoms with Crippen LogP contribution in [-0.4, -0.2) is 4.98 Å². The third kappa shape index (κ3) is 2.83. The molecule has 0 amide bonds. The Kier molecular flexibility index (Phi) is 3.61. The van der Waals surface area contributed by atoms with Crippen molar-refractivity contribution in [3.63, 3.8) is 0 Å². The van der Waals surface area contributed by atoms with Crippen molar-refractivity contribution in [2.45, 2.75) is 6.92 Å². The van der Waals surface area contributed by atoms with Crippen LogP contribution in [0.4, 0.5) is 11.5 Å². The highest BCUT2D eigenvalue weighted by Crippen LogP contribution is 2.22. The molecule has 0 saturated heterocycles. The van der Waals surface area contributed by atoms with Gasteiger partial charge in [0.25, 0.3) is 0 Å². The van der Waals surface area contributed by atoms with Crippen molar-refractivity contribution in [3.05, 3.63) is 51.0 Å². The van der Waals surface area contributed by atoms with Gasteiger partial charge in [0.2, 0.25) is 0 Å². The molecule has 0 aliphatic carbocycles. The van der Waals surface area contributed by atoms with Gasteiger partial charge >= 0.3 is 0 Å². The average Bonchev–Trinajstić information content (AvgIpc) is 2.25. The number of halogens is 2. The monoisotopic (exact) mass is 340 g/mol. The summed E-state index contributed by atoms with van der Waals surface area (Å²) in [6.07, 6.45) is 1.79. The van der Waals surface area contributed by atoms with E-state index in [0.717, 1.165) is 26.0 Å². The molecule has 16 heavy (non-hydrogen) atoms. The molecule has 4 heteroatoms. The number of aryl methyl sites for hydroxylation is 1. The van der Waals surface area contributed by atoms with E-state index in [2.05, 4.69) is 42.2 Å². The summed E-state index contributed by atoms with van der Waals surface area (Å²) in [5, 5.41) is 3.27. The van der Waals surface area contributed by atoms with E-state index in [-0.39, 0.29) is 0 Å². The summed E-state index contributed by atoms with van der Waals surface area (Å²) in [6.45, 7) is 2.03. The van der Waals surface area contributed by atoms with Crippen LogP contribution in [0.25, 0.3) is 0 Å². The second kappa shape index (κ2) is 4.97. The molecule has 2 aromatic rings. The SMILES string of the molecule is Cc1cc(Br)cnc1Nc1ccc(Br)cc1. The van der Waals surface area contributed by atoms with Crippen LogP contribution in [0.15, 0.2) is 45.5 Å². The number of pyridine rings is 1. The van der Waals surface area contributed by atoms with Crippen LogP contribution >= 0.6 is 31.9 Å². The Bertz CT molecular complexity index is 495. The zero-order valence-electron chi connectivity index (χ0n) is 8.67. The second-order valence-electron chi connectivity index (χ2n) is 3.45. The Hall–Kier alpha value is -0.870. The maximum absolute atomic E-state index is 4.33. The third-order valence-electron chi connectivity index (χ3n) is 2.15. The Balaban J connectivity index is 2.23. The number of benzene rings is 1. The van der Waals surface area contributed by atoms with Crippen LogP contribution < -0.4 is 5.32 Å². The minimum absolute atomic E-state index is 0.880. The van der Waals surface area contributed by atoms with Gasteiger partial charge in [-0.15, -0.1) is 0 Å². The maximum atomic E-state index is 4.33. The normalized spacial score (nSPS) is 10.2. The lowest BCUT2D eigenvalue weighted by atomic mass is 10.2. The second-order valence-corrected chi connectivity index (χ2v) is 5.28. The first-order valence-corrected chi connectivity index (χ1v) is 6.38. The zero-order valence-corrected chi connectivity index (χ0v) is 11.8. The van der Waals surface area contributed by atoms with E-state index in [1.807, 2.05) is 37.3 Å². The fraction of sp³-hybridized carbons (Fsp3) is 0.0833. The van der Waals surface area contributed by atoms with Gasteiger partial charge in [-0.2, -0.15) is 0 Å². The van der Waals surface area contributed by atoms with E-state index in [1.54, 1.807) is 6.20 Å². The fourth-order valence-corrected chi connectivity index (χ4v) is 2.05. The summed E-state index contributed by atoms with van der Waals surface area (Å²) in [5.41, 5.74) is 2.14. The van der Waals surface area contributed by atoms with Crippen molar-refractivity contribution < 1.29 is 0 Å². The molecular formula is C12H10Br2N2. The number of nitrogens with one attached hydrogen (secondary N) is 1. The average molecular weight is 342 g/mol. The maximum Gasteiger partial charge on any atom is 0.133 e. The first-order chi connectivity index (χ1) is 7.65. The van der Waals surface area contributed by atoms with Gasteiger partial charge in [-0.1, -0.05) is 15.9 Å². The molecule has 0 unspecified atom stereocenters. The van der Waals surface area contributed by atoms with Crippen LogP contribution in [0.2, 0.25) is 0 Å². The molecule has 1 N–H and O–H groups in total. The summed E-state index contributed by atoms with van der Waals surface area (Å²) >= 11 is 6.80. The molecule has 0 aliphatic rings. The molecule has 0 bridgehead atoms. The van der Waals surface area contributed by atoms with Crippen LogP contribution in [0, 0.1) is 6.92 Å². The minimum atomic E-state index is 0.880. The summed E-state index contributed by atoms with van der Waals surface area (Å²) < 4.78 is 2.06. The highest BCUT2D eigenvalue weighted by molar-refractivity contribution is 9.10. The van der Waals surface area contributed by atoms with Gasteiger partial charge in [0.1, 0.15) is 5.82 Å². The van der Waals surface area contributed by atoms with Gasteiger partial charge in [-0.3, -0.25) is 0 Å².